The molecular weight excluding hydrogens is 693 g/mol. The Hall–Kier alpha value is -7.06. The van der Waals surface area contributed by atoms with Gasteiger partial charge in [0.2, 0.25) is 0 Å². The maximum absolute atomic E-state index is 4.90. The number of rotatable bonds is 4. The van der Waals surface area contributed by atoms with Gasteiger partial charge in [-0.3, -0.25) is 19.9 Å². The lowest BCUT2D eigenvalue weighted by Gasteiger charge is -2.12. The van der Waals surface area contributed by atoms with Crippen LogP contribution >= 0.6 is 0 Å². The Morgan fingerprint density at radius 1 is 0.382 bits per heavy atom. The molecule has 0 unspecified atom stereocenters. The van der Waals surface area contributed by atoms with Gasteiger partial charge in [-0.05, 0) is 97.1 Å². The lowest BCUT2D eigenvalue weighted by atomic mass is 10.1. The van der Waals surface area contributed by atoms with Crippen LogP contribution in [0.4, 0.5) is 11.4 Å². The normalized spacial score (nSPS) is 10.8. The van der Waals surface area contributed by atoms with Gasteiger partial charge >= 0.3 is 0 Å². The Kier molecular flexibility index (Phi) is 10.4. The predicted octanol–water partition coefficient (Wildman–Crippen LogP) is 6.31. The fourth-order valence-electron chi connectivity index (χ4n) is 6.80. The summed E-state index contributed by atoms with van der Waals surface area (Å²) in [7, 11) is 8.14. The zero-order valence-corrected chi connectivity index (χ0v) is 30.6. The lowest BCUT2D eigenvalue weighted by molar-refractivity contribution is 0.823. The Labute approximate surface area is 315 Å². The molecule has 10 aromatic rings. The van der Waals surface area contributed by atoms with Crippen LogP contribution in [0.5, 0.6) is 0 Å². The molecule has 0 aliphatic carbocycles. The van der Waals surface area contributed by atoms with E-state index < -0.39 is 0 Å². The zero-order valence-electron chi connectivity index (χ0n) is 30.6. The van der Waals surface area contributed by atoms with Crippen molar-refractivity contribution in [1.29, 1.82) is 0 Å². The van der Waals surface area contributed by atoms with Crippen LogP contribution in [0.3, 0.4) is 0 Å². The number of benzene rings is 4. The number of aromatic amines is 2. The molecule has 0 atom stereocenters. The lowest BCUT2D eigenvalue weighted by Crippen LogP contribution is -2.07. The topological polar surface area (TPSA) is 210 Å². The molecule has 6 aromatic heterocycles. The van der Waals surface area contributed by atoms with Crippen molar-refractivity contribution in [1.82, 2.24) is 39.9 Å². The first-order valence-electron chi connectivity index (χ1n) is 17.0. The molecule has 0 spiro atoms. The van der Waals surface area contributed by atoms with E-state index in [-0.39, 0.29) is 16.4 Å². The Morgan fingerprint density at radius 2 is 0.691 bits per heavy atom. The van der Waals surface area contributed by atoms with E-state index in [2.05, 4.69) is 113 Å². The summed E-state index contributed by atoms with van der Waals surface area (Å²) < 4.78 is 0. The van der Waals surface area contributed by atoms with Crippen molar-refractivity contribution in [3.05, 3.63) is 122 Å². The molecule has 0 radical (unpaired) electrons. The van der Waals surface area contributed by atoms with Crippen molar-refractivity contribution in [3.63, 3.8) is 0 Å². The van der Waals surface area contributed by atoms with Gasteiger partial charge in [-0.25, -0.2) is 9.97 Å². The zero-order chi connectivity index (χ0) is 35.3. The molecule has 13 nitrogen and oxygen atoms in total. The van der Waals surface area contributed by atoms with Crippen LogP contribution in [-0.2, 0) is 0 Å². The van der Waals surface area contributed by atoms with Crippen molar-refractivity contribution < 1.29 is 16.4 Å². The highest BCUT2D eigenvalue weighted by atomic mass is 16.0. The minimum Gasteiger partial charge on any atom is -0.412 e. The standard InChI is InChI=1S/2C21H17N5.3H2O/c2*1-26(2)14-9-7-13(8-10-14)21-24-19-15-5-3-11-22-17(15)18-16(20(19)25-21)6-4-12-23-18;;;/h2*3-12H,1-2H3,(H,24,25);3*1H2. The molecule has 55 heavy (non-hydrogen) atoms. The molecule has 0 aliphatic rings. The molecule has 0 saturated carbocycles. The van der Waals surface area contributed by atoms with Crippen molar-refractivity contribution >= 4 is 77.1 Å². The molecule has 0 saturated heterocycles. The molecule has 8 N–H and O–H groups in total. The van der Waals surface area contributed by atoms with Crippen LogP contribution in [0.1, 0.15) is 0 Å². The first-order chi connectivity index (χ1) is 25.4. The van der Waals surface area contributed by atoms with Gasteiger partial charge in [0.05, 0.1) is 44.1 Å². The van der Waals surface area contributed by atoms with Gasteiger partial charge in [0.1, 0.15) is 11.6 Å². The summed E-state index contributed by atoms with van der Waals surface area (Å²) in [5.41, 5.74) is 11.9. The third-order valence-corrected chi connectivity index (χ3v) is 9.45. The average Bonchev–Trinajstić information content (AvgIpc) is 3.86. The summed E-state index contributed by atoms with van der Waals surface area (Å²) in [6.45, 7) is 0. The van der Waals surface area contributed by atoms with Crippen LogP contribution < -0.4 is 9.80 Å². The van der Waals surface area contributed by atoms with Gasteiger partial charge in [0.25, 0.3) is 0 Å². The SMILES string of the molecule is CN(C)c1ccc(-c2nc3c4cccnc4c4ncccc4c3[nH]2)cc1.CN(C)c1ccc(-c2nc3c4cccnc4c4ncccc4c3[nH]2)cc1.O.O.O. The second kappa shape index (κ2) is 15.1. The van der Waals surface area contributed by atoms with Crippen molar-refractivity contribution in [3.8, 4) is 22.8 Å². The summed E-state index contributed by atoms with van der Waals surface area (Å²) in [5, 5.41) is 4.11. The molecule has 0 amide bonds. The van der Waals surface area contributed by atoms with E-state index in [9.17, 15) is 0 Å². The van der Waals surface area contributed by atoms with Gasteiger partial charge in [-0.15, -0.1) is 0 Å². The highest BCUT2D eigenvalue weighted by Crippen LogP contribution is 2.35. The minimum absolute atomic E-state index is 0. The number of imidazole rings is 2. The molecule has 13 heteroatoms. The van der Waals surface area contributed by atoms with Gasteiger partial charge in [-0.1, -0.05) is 0 Å². The van der Waals surface area contributed by atoms with Crippen LogP contribution in [0.2, 0.25) is 0 Å². The number of aromatic nitrogens is 8. The maximum Gasteiger partial charge on any atom is 0.138 e. The molecule has 0 aliphatic heterocycles. The summed E-state index contributed by atoms with van der Waals surface area (Å²) in [6, 6.07) is 32.8. The first kappa shape index (κ1) is 37.7. The fourth-order valence-corrected chi connectivity index (χ4v) is 6.80. The van der Waals surface area contributed by atoms with E-state index in [1.165, 1.54) is 0 Å². The number of fused-ring (bicyclic) bond motifs is 12. The monoisotopic (exact) mass is 732 g/mol. The number of hydrogen-bond donors (Lipinski definition) is 2. The average molecular weight is 733 g/mol. The Morgan fingerprint density at radius 3 is 1.02 bits per heavy atom. The van der Waals surface area contributed by atoms with Crippen LogP contribution in [0.25, 0.3) is 88.5 Å². The smallest absolute Gasteiger partial charge is 0.138 e. The quantitative estimate of drug-likeness (QED) is 0.195. The van der Waals surface area contributed by atoms with Crippen molar-refractivity contribution in [2.75, 3.05) is 38.0 Å². The summed E-state index contributed by atoms with van der Waals surface area (Å²) >= 11 is 0. The van der Waals surface area contributed by atoms with Crippen LogP contribution in [0, 0.1) is 0 Å². The van der Waals surface area contributed by atoms with Crippen LogP contribution in [-0.4, -0.2) is 84.5 Å². The van der Waals surface area contributed by atoms with Crippen LogP contribution in [0.15, 0.2) is 122 Å². The molecular formula is C42H40N10O3. The van der Waals surface area contributed by atoms with E-state index in [1.807, 2.05) is 52.5 Å². The highest BCUT2D eigenvalue weighted by molar-refractivity contribution is 6.22. The van der Waals surface area contributed by atoms with E-state index in [4.69, 9.17) is 9.97 Å². The highest BCUT2D eigenvalue weighted by Gasteiger charge is 2.16. The summed E-state index contributed by atoms with van der Waals surface area (Å²) in [6.07, 6.45) is 7.21. The maximum atomic E-state index is 4.90. The summed E-state index contributed by atoms with van der Waals surface area (Å²) in [4.78, 5) is 39.2. The Balaban J connectivity index is 0.000000177. The van der Waals surface area contributed by atoms with E-state index in [0.717, 1.165) is 99.8 Å². The number of pyridine rings is 4. The van der Waals surface area contributed by atoms with E-state index in [0.29, 0.717) is 0 Å². The van der Waals surface area contributed by atoms with Gasteiger partial charge in [0, 0.05) is 97.0 Å². The molecule has 10 rings (SSSR count). The van der Waals surface area contributed by atoms with Gasteiger partial charge < -0.3 is 36.2 Å². The second-order valence-corrected chi connectivity index (χ2v) is 13.1. The van der Waals surface area contributed by atoms with Gasteiger partial charge in [0.15, 0.2) is 0 Å². The third kappa shape index (κ3) is 6.48. The number of nitrogens with one attached hydrogen (secondary N) is 2. The van der Waals surface area contributed by atoms with Crippen molar-refractivity contribution in [2.24, 2.45) is 0 Å². The van der Waals surface area contributed by atoms with E-state index >= 15 is 0 Å². The second-order valence-electron chi connectivity index (χ2n) is 13.1. The fraction of sp³-hybridized carbons (Fsp3) is 0.0952. The van der Waals surface area contributed by atoms with Crippen molar-refractivity contribution in [2.45, 2.75) is 0 Å². The molecule has 6 heterocycles. The molecule has 276 valence electrons. The third-order valence-electron chi connectivity index (χ3n) is 9.45. The minimum atomic E-state index is 0. The molecule has 0 fully saturated rings. The molecule has 4 aromatic carbocycles. The number of nitrogens with zero attached hydrogens (tertiary/aromatic N) is 8. The molecule has 0 bridgehead atoms. The Bertz CT molecular complexity index is 2580. The first-order valence-corrected chi connectivity index (χ1v) is 17.0. The predicted molar refractivity (Wildman–Crippen MR) is 224 cm³/mol. The number of H-pyrrole nitrogens is 2. The largest absolute Gasteiger partial charge is 0.412 e. The summed E-state index contributed by atoms with van der Waals surface area (Å²) in [5.74, 6) is 1.71. The number of hydrogen-bond acceptors (Lipinski definition) is 8. The number of anilines is 2. The van der Waals surface area contributed by atoms with E-state index in [1.54, 1.807) is 24.8 Å². The van der Waals surface area contributed by atoms with Gasteiger partial charge in [-0.2, -0.15) is 0 Å².